The Morgan fingerprint density at radius 2 is 1.80 bits per heavy atom. The molecule has 2 aromatic rings. The van der Waals surface area contributed by atoms with Crippen molar-refractivity contribution >= 4 is 11.6 Å². The lowest BCUT2D eigenvalue weighted by atomic mass is 10.1. The first-order valence-corrected chi connectivity index (χ1v) is 8.94. The summed E-state index contributed by atoms with van der Waals surface area (Å²) in [4.78, 5) is 14.7. The van der Waals surface area contributed by atoms with Crippen LogP contribution in [0.25, 0.3) is 0 Å². The Balaban J connectivity index is 1.62. The van der Waals surface area contributed by atoms with Gasteiger partial charge >= 0.3 is 0 Å². The maximum atomic E-state index is 12.4. The highest BCUT2D eigenvalue weighted by molar-refractivity contribution is 5.93. The molecule has 2 N–H and O–H groups in total. The van der Waals surface area contributed by atoms with Crippen LogP contribution in [-0.2, 0) is 17.8 Å². The van der Waals surface area contributed by atoms with Crippen LogP contribution in [0.3, 0.4) is 0 Å². The van der Waals surface area contributed by atoms with Crippen molar-refractivity contribution in [1.82, 2.24) is 4.90 Å². The molecule has 0 saturated carbocycles. The number of anilines is 1. The summed E-state index contributed by atoms with van der Waals surface area (Å²) in [5.74, 6) is 0.00497. The molecule has 1 saturated heterocycles. The predicted molar refractivity (Wildman–Crippen MR) is 100 cm³/mol. The SMILES string of the molecule is Cc1ccc(CC(=O)Nc2ccccc2CN2CCC(O)CC2)cc1. The molecule has 0 spiro atoms. The molecule has 1 fully saturated rings. The molecule has 1 aliphatic heterocycles. The molecule has 0 unspecified atom stereocenters. The van der Waals surface area contributed by atoms with E-state index in [0.29, 0.717) is 6.42 Å². The smallest absolute Gasteiger partial charge is 0.228 e. The number of aliphatic hydroxyl groups excluding tert-OH is 1. The van der Waals surface area contributed by atoms with Crippen LogP contribution in [0.2, 0.25) is 0 Å². The first-order chi connectivity index (χ1) is 12.1. The second kappa shape index (κ2) is 8.28. The number of benzene rings is 2. The molecule has 0 aromatic heterocycles. The number of aryl methyl sites for hydroxylation is 1. The van der Waals surface area contributed by atoms with Crippen molar-refractivity contribution in [1.29, 1.82) is 0 Å². The lowest BCUT2D eigenvalue weighted by Crippen LogP contribution is -2.35. The van der Waals surface area contributed by atoms with Crippen molar-refractivity contribution in [2.24, 2.45) is 0 Å². The summed E-state index contributed by atoms with van der Waals surface area (Å²) in [6, 6.07) is 16.0. The fourth-order valence-electron chi connectivity index (χ4n) is 3.18. The van der Waals surface area contributed by atoms with E-state index in [1.807, 2.05) is 49.4 Å². The Bertz CT molecular complexity index is 704. The van der Waals surface area contributed by atoms with Crippen LogP contribution in [0.15, 0.2) is 48.5 Å². The largest absolute Gasteiger partial charge is 0.393 e. The zero-order chi connectivity index (χ0) is 17.6. The van der Waals surface area contributed by atoms with Gasteiger partial charge in [0.1, 0.15) is 0 Å². The van der Waals surface area contributed by atoms with Gasteiger partial charge in [-0.3, -0.25) is 9.69 Å². The van der Waals surface area contributed by atoms with Gasteiger partial charge in [-0.1, -0.05) is 48.0 Å². The summed E-state index contributed by atoms with van der Waals surface area (Å²) in [6.45, 7) is 4.63. The Morgan fingerprint density at radius 1 is 1.12 bits per heavy atom. The van der Waals surface area contributed by atoms with E-state index in [2.05, 4.69) is 16.3 Å². The van der Waals surface area contributed by atoms with Gasteiger partial charge in [-0.25, -0.2) is 0 Å². The van der Waals surface area contributed by atoms with Crippen LogP contribution in [0.4, 0.5) is 5.69 Å². The molecule has 3 rings (SSSR count). The van der Waals surface area contributed by atoms with E-state index >= 15 is 0 Å². The molecule has 1 aliphatic rings. The van der Waals surface area contributed by atoms with Crippen LogP contribution in [0.5, 0.6) is 0 Å². The first-order valence-electron chi connectivity index (χ1n) is 8.94. The van der Waals surface area contributed by atoms with Crippen molar-refractivity contribution in [3.8, 4) is 0 Å². The lowest BCUT2D eigenvalue weighted by Gasteiger charge is -2.30. The zero-order valence-corrected chi connectivity index (χ0v) is 14.7. The van der Waals surface area contributed by atoms with Gasteiger partial charge in [0.2, 0.25) is 5.91 Å². The van der Waals surface area contributed by atoms with Gasteiger partial charge in [-0.2, -0.15) is 0 Å². The van der Waals surface area contributed by atoms with E-state index in [-0.39, 0.29) is 12.0 Å². The Morgan fingerprint density at radius 3 is 2.52 bits per heavy atom. The fourth-order valence-corrected chi connectivity index (χ4v) is 3.18. The minimum Gasteiger partial charge on any atom is -0.393 e. The summed E-state index contributed by atoms with van der Waals surface area (Å²) in [6.07, 6.45) is 1.86. The fraction of sp³-hybridized carbons (Fsp3) is 0.381. The maximum Gasteiger partial charge on any atom is 0.228 e. The number of para-hydroxylation sites is 1. The quantitative estimate of drug-likeness (QED) is 0.881. The Hall–Kier alpha value is -2.17. The number of likely N-dealkylation sites (tertiary alicyclic amines) is 1. The first kappa shape index (κ1) is 17.6. The number of nitrogens with zero attached hydrogens (tertiary/aromatic N) is 1. The Labute approximate surface area is 149 Å². The molecule has 0 aliphatic carbocycles. The average molecular weight is 338 g/mol. The molecular weight excluding hydrogens is 312 g/mol. The van der Waals surface area contributed by atoms with Crippen LogP contribution >= 0.6 is 0 Å². The highest BCUT2D eigenvalue weighted by Gasteiger charge is 2.18. The van der Waals surface area contributed by atoms with E-state index in [9.17, 15) is 9.90 Å². The van der Waals surface area contributed by atoms with Crippen molar-refractivity contribution in [2.75, 3.05) is 18.4 Å². The van der Waals surface area contributed by atoms with Crippen LogP contribution < -0.4 is 5.32 Å². The number of aliphatic hydroxyl groups is 1. The molecular formula is C21H26N2O2. The predicted octanol–water partition coefficient (Wildman–Crippen LogP) is 3.13. The third-order valence-electron chi connectivity index (χ3n) is 4.73. The molecule has 0 bridgehead atoms. The molecule has 2 aromatic carbocycles. The van der Waals surface area contributed by atoms with Gasteiger partial charge in [-0.05, 0) is 37.0 Å². The van der Waals surface area contributed by atoms with Crippen LogP contribution in [0.1, 0.15) is 29.5 Å². The highest BCUT2D eigenvalue weighted by atomic mass is 16.3. The second-order valence-electron chi connectivity index (χ2n) is 6.88. The summed E-state index contributed by atoms with van der Waals surface area (Å²) in [5.41, 5.74) is 4.22. The van der Waals surface area contributed by atoms with Gasteiger partial charge in [0.15, 0.2) is 0 Å². The van der Waals surface area contributed by atoms with Gasteiger partial charge in [0.25, 0.3) is 0 Å². The van der Waals surface area contributed by atoms with E-state index in [1.165, 1.54) is 5.56 Å². The van der Waals surface area contributed by atoms with E-state index in [1.54, 1.807) is 0 Å². The standard InChI is InChI=1S/C21H26N2O2/c1-16-6-8-17(9-7-16)14-21(25)22-20-5-3-2-4-18(20)15-23-12-10-19(24)11-13-23/h2-9,19,24H,10-15H2,1H3,(H,22,25). The molecule has 1 amide bonds. The van der Waals surface area contributed by atoms with Gasteiger partial charge < -0.3 is 10.4 Å². The number of carbonyl (C=O) groups excluding carboxylic acids is 1. The zero-order valence-electron chi connectivity index (χ0n) is 14.7. The number of nitrogens with one attached hydrogen (secondary N) is 1. The summed E-state index contributed by atoms with van der Waals surface area (Å²) in [5, 5.41) is 12.7. The molecule has 4 nitrogen and oxygen atoms in total. The minimum absolute atomic E-state index is 0.00497. The summed E-state index contributed by atoms with van der Waals surface area (Å²) < 4.78 is 0. The number of rotatable bonds is 5. The summed E-state index contributed by atoms with van der Waals surface area (Å²) in [7, 11) is 0. The lowest BCUT2D eigenvalue weighted by molar-refractivity contribution is -0.115. The number of amides is 1. The number of hydrogen-bond donors (Lipinski definition) is 2. The van der Waals surface area contributed by atoms with Crippen molar-refractivity contribution in [2.45, 2.75) is 38.8 Å². The van der Waals surface area contributed by atoms with Crippen molar-refractivity contribution in [3.63, 3.8) is 0 Å². The van der Waals surface area contributed by atoms with Crippen LogP contribution in [-0.4, -0.2) is 35.1 Å². The van der Waals surface area contributed by atoms with Gasteiger partial charge in [-0.15, -0.1) is 0 Å². The normalized spacial score (nSPS) is 15.9. The van der Waals surface area contributed by atoms with E-state index in [0.717, 1.165) is 49.3 Å². The second-order valence-corrected chi connectivity index (χ2v) is 6.88. The topological polar surface area (TPSA) is 52.6 Å². The molecule has 25 heavy (non-hydrogen) atoms. The average Bonchev–Trinajstić information content (AvgIpc) is 2.61. The monoisotopic (exact) mass is 338 g/mol. The molecule has 0 radical (unpaired) electrons. The minimum atomic E-state index is -0.166. The van der Waals surface area contributed by atoms with Gasteiger partial charge in [0, 0.05) is 25.3 Å². The number of hydrogen-bond acceptors (Lipinski definition) is 3. The third-order valence-corrected chi connectivity index (χ3v) is 4.73. The maximum absolute atomic E-state index is 12.4. The van der Waals surface area contributed by atoms with Crippen molar-refractivity contribution < 1.29 is 9.90 Å². The van der Waals surface area contributed by atoms with E-state index < -0.39 is 0 Å². The summed E-state index contributed by atoms with van der Waals surface area (Å²) >= 11 is 0. The molecule has 4 heteroatoms. The number of piperidine rings is 1. The van der Waals surface area contributed by atoms with Crippen LogP contribution in [0, 0.1) is 6.92 Å². The molecule has 132 valence electrons. The third kappa shape index (κ3) is 5.15. The Kier molecular flexibility index (Phi) is 5.84. The molecule has 0 atom stereocenters. The van der Waals surface area contributed by atoms with Crippen molar-refractivity contribution in [3.05, 3.63) is 65.2 Å². The molecule has 1 heterocycles. The highest BCUT2D eigenvalue weighted by Crippen LogP contribution is 2.20. The van der Waals surface area contributed by atoms with Gasteiger partial charge in [0.05, 0.1) is 12.5 Å². The van der Waals surface area contributed by atoms with E-state index in [4.69, 9.17) is 0 Å². The number of carbonyl (C=O) groups is 1.